The second-order valence-electron chi connectivity index (χ2n) is 2.59. The Balaban J connectivity index is -0.000000845. The van der Waals surface area contributed by atoms with Crippen molar-refractivity contribution in [3.8, 4) is 0 Å². The van der Waals surface area contributed by atoms with E-state index in [0.29, 0.717) is 0 Å². The van der Waals surface area contributed by atoms with Crippen molar-refractivity contribution in [1.29, 1.82) is 0 Å². The van der Waals surface area contributed by atoms with Gasteiger partial charge in [-0.2, -0.15) is 0 Å². The number of phosphoric ester groups is 1. The molecule has 8 heteroatoms. The Morgan fingerprint density at radius 2 is 2.00 bits per heavy atom. The van der Waals surface area contributed by atoms with E-state index in [1.807, 2.05) is 0 Å². The molecule has 0 aromatic carbocycles. The van der Waals surface area contributed by atoms with Gasteiger partial charge in [0.15, 0.2) is 0 Å². The topological polar surface area (TPSA) is 93.1 Å². The van der Waals surface area contributed by atoms with Crippen molar-refractivity contribution >= 4 is 13.8 Å². The standard InChI is InChI=1S/C7H13O6P.K.H/c1-6(2)7(8)12-4-3-5-13-14(9,10)11;;/h1,3-5H2,2H3,(H2,9,10,11);;/q;+1;-1. The molecule has 0 saturated carbocycles. The average molecular weight is 264 g/mol. The molecule has 0 aromatic rings. The number of hydrogen-bond donors (Lipinski definition) is 2. The van der Waals surface area contributed by atoms with Gasteiger partial charge >= 0.3 is 65.2 Å². The summed E-state index contributed by atoms with van der Waals surface area (Å²) in [6.07, 6.45) is 0.226. The summed E-state index contributed by atoms with van der Waals surface area (Å²) in [6.45, 7) is 4.76. The van der Waals surface area contributed by atoms with Gasteiger partial charge in [-0.05, 0) is 6.92 Å². The van der Waals surface area contributed by atoms with E-state index in [1.165, 1.54) is 6.92 Å². The molecule has 0 aliphatic rings. The van der Waals surface area contributed by atoms with Gasteiger partial charge < -0.3 is 16.0 Å². The van der Waals surface area contributed by atoms with E-state index in [1.54, 1.807) is 0 Å². The van der Waals surface area contributed by atoms with Crippen LogP contribution in [0, 0.1) is 0 Å². The van der Waals surface area contributed by atoms with Crippen LogP contribution in [0.15, 0.2) is 12.2 Å². The second-order valence-corrected chi connectivity index (χ2v) is 3.83. The second kappa shape index (κ2) is 9.04. The maximum Gasteiger partial charge on any atom is 1.00 e. The smallest absolute Gasteiger partial charge is 1.00 e. The molecular formula is C7H14KO6P. The van der Waals surface area contributed by atoms with E-state index in [-0.39, 0.29) is 78.0 Å². The molecule has 0 radical (unpaired) electrons. The largest absolute Gasteiger partial charge is 1.00 e. The molecule has 15 heavy (non-hydrogen) atoms. The van der Waals surface area contributed by atoms with E-state index >= 15 is 0 Å². The summed E-state index contributed by atoms with van der Waals surface area (Å²) in [5, 5.41) is 0. The third kappa shape index (κ3) is 12.9. The minimum Gasteiger partial charge on any atom is -1.00 e. The van der Waals surface area contributed by atoms with E-state index < -0.39 is 13.8 Å². The van der Waals surface area contributed by atoms with Gasteiger partial charge in [-0.15, -0.1) is 0 Å². The maximum atomic E-state index is 10.8. The van der Waals surface area contributed by atoms with Crippen LogP contribution in [0.1, 0.15) is 14.8 Å². The van der Waals surface area contributed by atoms with Gasteiger partial charge in [0, 0.05) is 12.0 Å². The predicted octanol–water partition coefficient (Wildman–Crippen LogP) is -2.28. The third-order valence-corrected chi connectivity index (χ3v) is 1.65. The number of hydrogen-bond acceptors (Lipinski definition) is 4. The molecule has 0 saturated heterocycles. The van der Waals surface area contributed by atoms with Gasteiger partial charge in [-0.3, -0.25) is 4.52 Å². The van der Waals surface area contributed by atoms with Crippen molar-refractivity contribution in [1.82, 2.24) is 0 Å². The number of carbonyl (C=O) groups excluding carboxylic acids is 1. The van der Waals surface area contributed by atoms with Crippen LogP contribution < -0.4 is 51.4 Å². The molecule has 0 unspecified atom stereocenters. The monoisotopic (exact) mass is 264 g/mol. The Bertz CT molecular complexity index is 266. The van der Waals surface area contributed by atoms with Crippen LogP contribution in [-0.4, -0.2) is 29.0 Å². The Morgan fingerprint density at radius 1 is 1.47 bits per heavy atom. The minimum absolute atomic E-state index is 0. The molecule has 0 heterocycles. The van der Waals surface area contributed by atoms with E-state index in [4.69, 9.17) is 9.79 Å². The zero-order chi connectivity index (χ0) is 11.2. The van der Waals surface area contributed by atoms with Gasteiger partial charge in [-0.25, -0.2) is 9.36 Å². The van der Waals surface area contributed by atoms with Gasteiger partial charge in [0.1, 0.15) is 0 Å². The molecule has 0 aromatic heterocycles. The number of rotatable bonds is 6. The van der Waals surface area contributed by atoms with Gasteiger partial charge in [0.25, 0.3) is 0 Å². The Kier molecular flexibility index (Phi) is 11.0. The normalized spacial score (nSPS) is 10.3. The number of phosphoric acid groups is 1. The molecule has 84 valence electrons. The zero-order valence-corrected chi connectivity index (χ0v) is 12.8. The fraction of sp³-hybridized carbons (Fsp3) is 0.571. The summed E-state index contributed by atoms with van der Waals surface area (Å²) in [4.78, 5) is 27.3. The predicted molar refractivity (Wildman–Crippen MR) is 49.5 cm³/mol. The van der Waals surface area contributed by atoms with Crippen molar-refractivity contribution < 1.29 is 81.2 Å². The summed E-state index contributed by atoms with van der Waals surface area (Å²) in [5.41, 5.74) is 0.279. The fourth-order valence-electron chi connectivity index (χ4n) is 0.530. The Labute approximate surface area is 132 Å². The summed E-state index contributed by atoms with van der Waals surface area (Å²) < 4.78 is 19.0. The first-order valence-electron chi connectivity index (χ1n) is 3.85. The number of ether oxygens (including phenoxy) is 1. The van der Waals surface area contributed by atoms with Crippen molar-refractivity contribution in [2.45, 2.75) is 13.3 Å². The molecule has 0 atom stereocenters. The van der Waals surface area contributed by atoms with Crippen LogP contribution in [0.5, 0.6) is 0 Å². The first kappa shape index (κ1) is 18.3. The van der Waals surface area contributed by atoms with Crippen molar-refractivity contribution in [2.75, 3.05) is 13.2 Å². The molecule has 0 bridgehead atoms. The molecular weight excluding hydrogens is 250 g/mol. The van der Waals surface area contributed by atoms with Crippen molar-refractivity contribution in [3.63, 3.8) is 0 Å². The van der Waals surface area contributed by atoms with Crippen LogP contribution in [0.3, 0.4) is 0 Å². The van der Waals surface area contributed by atoms with Gasteiger partial charge in [-0.1, -0.05) is 6.58 Å². The molecule has 0 amide bonds. The van der Waals surface area contributed by atoms with Gasteiger partial charge in [0.05, 0.1) is 13.2 Å². The minimum atomic E-state index is -4.41. The summed E-state index contributed by atoms with van der Waals surface area (Å²) in [5.74, 6) is -0.527. The first-order valence-corrected chi connectivity index (χ1v) is 5.38. The number of esters is 1. The van der Waals surface area contributed by atoms with E-state index in [9.17, 15) is 9.36 Å². The van der Waals surface area contributed by atoms with Crippen LogP contribution in [0.2, 0.25) is 0 Å². The van der Waals surface area contributed by atoms with Crippen LogP contribution in [-0.2, 0) is 18.6 Å². The van der Waals surface area contributed by atoms with Crippen molar-refractivity contribution in [3.05, 3.63) is 12.2 Å². The molecule has 0 fully saturated rings. The van der Waals surface area contributed by atoms with E-state index in [0.717, 1.165) is 0 Å². The first-order chi connectivity index (χ1) is 6.33. The molecule has 0 rings (SSSR count). The van der Waals surface area contributed by atoms with Crippen LogP contribution >= 0.6 is 7.82 Å². The quantitative estimate of drug-likeness (QED) is 0.185. The van der Waals surface area contributed by atoms with Gasteiger partial charge in [0.2, 0.25) is 0 Å². The zero-order valence-electron chi connectivity index (χ0n) is 9.80. The fourth-order valence-corrected chi connectivity index (χ4v) is 0.897. The molecule has 0 spiro atoms. The SMILES string of the molecule is C=C(C)C(=O)OCCCOP(=O)(O)O.[H-].[K+]. The Hall–Kier alpha value is 0.956. The molecule has 0 aliphatic heterocycles. The van der Waals surface area contributed by atoms with Crippen LogP contribution in [0.25, 0.3) is 0 Å². The number of carbonyl (C=O) groups is 1. The summed E-state index contributed by atoms with van der Waals surface area (Å²) in [6, 6.07) is 0. The summed E-state index contributed by atoms with van der Waals surface area (Å²) >= 11 is 0. The summed E-state index contributed by atoms with van der Waals surface area (Å²) in [7, 11) is -4.41. The van der Waals surface area contributed by atoms with Crippen molar-refractivity contribution in [2.24, 2.45) is 0 Å². The molecule has 2 N–H and O–H groups in total. The maximum absolute atomic E-state index is 10.8. The van der Waals surface area contributed by atoms with E-state index in [2.05, 4.69) is 15.8 Å². The third-order valence-electron chi connectivity index (χ3n) is 1.13. The van der Waals surface area contributed by atoms with Crippen LogP contribution in [0.4, 0.5) is 0 Å². The average Bonchev–Trinajstić information content (AvgIpc) is 2.01. The molecule has 6 nitrogen and oxygen atoms in total. The Morgan fingerprint density at radius 3 is 2.40 bits per heavy atom. The molecule has 0 aliphatic carbocycles.